The molecule has 1 spiro atoms. The smallest absolute Gasteiger partial charge is 0.335 e. The zero-order valence-electron chi connectivity index (χ0n) is 38.3. The van der Waals surface area contributed by atoms with E-state index in [4.69, 9.17) is 28.4 Å². The molecule has 3 N–H and O–H groups in total. The highest BCUT2D eigenvalue weighted by Gasteiger charge is 2.65. The number of aromatic hydroxyl groups is 1. The number of phenolic OH excluding ortho intramolecular Hbond substituents is 1. The molecule has 0 aliphatic carbocycles. The molecule has 0 saturated carbocycles. The summed E-state index contributed by atoms with van der Waals surface area (Å²) < 4.78 is 37.8. The van der Waals surface area contributed by atoms with E-state index in [0.717, 1.165) is 90.9 Å². The van der Waals surface area contributed by atoms with Gasteiger partial charge in [-0.25, -0.2) is 9.69 Å². The fraction of sp³-hybridized carbons (Fsp3) is 0.551. The van der Waals surface area contributed by atoms with Crippen molar-refractivity contribution in [3.05, 3.63) is 68.9 Å². The number of carbonyl (C=O) groups excluding carboxylic acids is 2. The second kappa shape index (κ2) is 15.7. The van der Waals surface area contributed by atoms with Crippen molar-refractivity contribution in [3.8, 4) is 34.5 Å². The molecule has 4 fully saturated rings. The second-order valence-electron chi connectivity index (χ2n) is 19.3. The van der Waals surface area contributed by atoms with E-state index in [-0.39, 0.29) is 24.6 Å². The molecule has 4 saturated heterocycles. The summed E-state index contributed by atoms with van der Waals surface area (Å²) in [7, 11) is 5.22. The van der Waals surface area contributed by atoms with Gasteiger partial charge in [-0.05, 0) is 94.3 Å². The highest BCUT2D eigenvalue weighted by atomic mass is 32.2. The van der Waals surface area contributed by atoms with E-state index in [1.807, 2.05) is 37.9 Å². The number of nitrogens with zero attached hydrogens (tertiary/aromatic N) is 5. The highest BCUT2D eigenvalue weighted by molar-refractivity contribution is 7.99. The van der Waals surface area contributed by atoms with Crippen molar-refractivity contribution in [1.82, 2.24) is 29.5 Å². The van der Waals surface area contributed by atoms with Gasteiger partial charge in [-0.15, -0.1) is 11.8 Å². The lowest BCUT2D eigenvalue weighted by Gasteiger charge is -2.60. The lowest BCUT2D eigenvalue weighted by Crippen LogP contribution is -2.69. The van der Waals surface area contributed by atoms with Crippen LogP contribution in [0.4, 0.5) is 0 Å². The summed E-state index contributed by atoms with van der Waals surface area (Å²) in [6, 6.07) is 6.46. The first-order valence-corrected chi connectivity index (χ1v) is 24.5. The maximum Gasteiger partial charge on any atom is 0.335 e. The molecule has 10 heterocycles. The number of esters is 2. The third kappa shape index (κ3) is 5.86. The molecule has 350 valence electrons. The molecule has 16 nitrogen and oxygen atoms in total. The number of aryl methyl sites for hydroxylation is 1. The number of aromatic nitrogens is 1. The van der Waals surface area contributed by atoms with E-state index in [2.05, 4.69) is 36.7 Å². The van der Waals surface area contributed by atoms with Gasteiger partial charge >= 0.3 is 11.9 Å². The van der Waals surface area contributed by atoms with Crippen molar-refractivity contribution in [1.29, 1.82) is 0 Å². The fourth-order valence-electron chi connectivity index (χ4n) is 13.3. The molecular formula is C49H58N6O10S. The molecule has 1 aromatic heterocycles. The first-order valence-electron chi connectivity index (χ1n) is 23.4. The Morgan fingerprint density at radius 3 is 2.38 bits per heavy atom. The highest BCUT2D eigenvalue weighted by Crippen LogP contribution is 2.65. The van der Waals surface area contributed by atoms with E-state index in [1.165, 1.54) is 6.92 Å². The molecule has 0 radical (unpaired) electrons. The maximum atomic E-state index is 16.6. The molecule has 17 heteroatoms. The van der Waals surface area contributed by atoms with Gasteiger partial charge in [0.15, 0.2) is 34.8 Å². The molecule has 13 rings (SSSR count). The quantitative estimate of drug-likeness (QED) is 0.168. The Hall–Kier alpha value is -4.75. The molecule has 4 bridgehead atoms. The number of ether oxygens (including phenoxy) is 6. The van der Waals surface area contributed by atoms with Crippen molar-refractivity contribution in [2.24, 2.45) is 0 Å². The van der Waals surface area contributed by atoms with Gasteiger partial charge in [-0.1, -0.05) is 6.07 Å². The summed E-state index contributed by atoms with van der Waals surface area (Å²) in [6.07, 6.45) is 2.88. The fourth-order valence-corrected chi connectivity index (χ4v) is 15.0. The van der Waals surface area contributed by atoms with Gasteiger partial charge in [0.05, 0.1) is 48.9 Å². The number of rotatable bonds is 6. The Morgan fingerprint density at radius 1 is 0.955 bits per heavy atom. The summed E-state index contributed by atoms with van der Waals surface area (Å²) in [4.78, 5) is 45.3. The number of aliphatic hydroxyl groups excluding tert-OH is 1. The van der Waals surface area contributed by atoms with Crippen LogP contribution in [-0.4, -0.2) is 143 Å². The lowest BCUT2D eigenvalue weighted by molar-refractivity contribution is -0.233. The van der Waals surface area contributed by atoms with Crippen LogP contribution in [-0.2, 0) is 32.7 Å². The standard InChI is InChI=1S/C49H58N6O10S/c1-24-19-27-20-32-45(58)55-37(36(51(32)4)33(27)38(57)39(24)61-6)43-34-35(42-41(62-23-63-42)25(2)40(34)64-26(3)56)46(55)65-47(59)49(22-66-43)44-29(30-21-28(60-5)11-12-31(30)50-44)13-18-54(49)48(52-14-7-8-15-52)53-16-9-10-17-53/h11-12,19,21,32,36-37,43,45-46,48,50,57-58H,7-10,13-18,20,22-23H2,1-6H3/t32-,36+,37?,43+,45?,46-,49+/m0/s1. The van der Waals surface area contributed by atoms with Crippen LogP contribution >= 0.6 is 11.8 Å². The predicted molar refractivity (Wildman–Crippen MR) is 244 cm³/mol. The van der Waals surface area contributed by atoms with Crippen molar-refractivity contribution in [2.45, 2.75) is 107 Å². The normalized spacial score (nSPS) is 29.6. The van der Waals surface area contributed by atoms with Gasteiger partial charge in [-0.3, -0.25) is 24.4 Å². The summed E-state index contributed by atoms with van der Waals surface area (Å²) >= 11 is 1.61. The number of carbonyl (C=O) groups is 2. The number of hydrogen-bond acceptors (Lipinski definition) is 16. The molecule has 7 atom stereocenters. The van der Waals surface area contributed by atoms with Crippen LogP contribution in [0.5, 0.6) is 34.5 Å². The van der Waals surface area contributed by atoms with Crippen LogP contribution in [0.2, 0.25) is 0 Å². The number of nitrogens with one attached hydrogen (secondary N) is 1. The van der Waals surface area contributed by atoms with Crippen molar-refractivity contribution in [3.63, 3.8) is 0 Å². The van der Waals surface area contributed by atoms with Gasteiger partial charge in [-0.2, -0.15) is 0 Å². The zero-order valence-corrected chi connectivity index (χ0v) is 39.2. The second-order valence-corrected chi connectivity index (χ2v) is 20.5. The Bertz CT molecular complexity index is 2670. The molecule has 3 aromatic carbocycles. The number of thioether (sulfide) groups is 1. The molecule has 0 amide bonds. The third-order valence-electron chi connectivity index (χ3n) is 16.1. The van der Waals surface area contributed by atoms with Crippen LogP contribution < -0.4 is 23.7 Å². The number of piperazine rings is 1. The minimum atomic E-state index is -1.38. The Balaban J connectivity index is 1.14. The molecule has 9 aliphatic heterocycles. The summed E-state index contributed by atoms with van der Waals surface area (Å²) in [5, 5.41) is 25.7. The molecule has 66 heavy (non-hydrogen) atoms. The molecule has 4 aromatic rings. The minimum absolute atomic E-state index is 0.0475. The number of methoxy groups -OCH3 is 2. The third-order valence-corrected chi connectivity index (χ3v) is 17.5. The minimum Gasteiger partial charge on any atom is -0.504 e. The first-order chi connectivity index (χ1) is 32.0. The average molecular weight is 923 g/mol. The number of phenols is 1. The number of fused-ring (bicyclic) bond motifs is 10. The van der Waals surface area contributed by atoms with Crippen LogP contribution in [0, 0.1) is 13.8 Å². The largest absolute Gasteiger partial charge is 0.504 e. The van der Waals surface area contributed by atoms with Crippen molar-refractivity contribution < 1.29 is 48.2 Å². The van der Waals surface area contributed by atoms with Crippen molar-refractivity contribution >= 4 is 34.6 Å². The average Bonchev–Trinajstić information content (AvgIpc) is 4.15. The van der Waals surface area contributed by atoms with Crippen LogP contribution in [0.3, 0.4) is 0 Å². The van der Waals surface area contributed by atoms with Crippen LogP contribution in [0.1, 0.15) is 94.8 Å². The first kappa shape index (κ1) is 42.6. The molecular weight excluding hydrogens is 865 g/mol. The number of hydrogen-bond donors (Lipinski definition) is 3. The molecule has 2 unspecified atom stereocenters. The van der Waals surface area contributed by atoms with E-state index in [1.54, 1.807) is 26.0 Å². The lowest BCUT2D eigenvalue weighted by atomic mass is 9.74. The Labute approximate surface area is 387 Å². The van der Waals surface area contributed by atoms with Gasteiger partial charge in [0.1, 0.15) is 24.0 Å². The topological polar surface area (TPSA) is 162 Å². The number of likely N-dealkylation sites (tertiary alicyclic amines) is 2. The summed E-state index contributed by atoms with van der Waals surface area (Å²) in [5.74, 6) is 1.57. The Morgan fingerprint density at radius 2 is 1.68 bits per heavy atom. The number of H-pyrrole nitrogens is 1. The number of aromatic amines is 1. The SMILES string of the molecule is COc1ccc2[nH]c3c(c2c1)CCN(C(N1CCCC1)N1CCCC1)[C@]31CS[C@@H]2c3c(OC(C)=O)c(C)c4c(c3[C@H](OC1=O)N1C2[C@H]2c3c(cc(C)c(OC)c3O)C[C@@H](C1O)N2C)OCO4. The zero-order chi connectivity index (χ0) is 45.5. The van der Waals surface area contributed by atoms with E-state index in [9.17, 15) is 15.0 Å². The number of likely N-dealkylation sites (N-methyl/N-ethyl adjacent to an activating group) is 1. The predicted octanol–water partition coefficient (Wildman–Crippen LogP) is 5.33. The summed E-state index contributed by atoms with van der Waals surface area (Å²) in [5.41, 5.74) is 5.52. The van der Waals surface area contributed by atoms with E-state index < -0.39 is 53.3 Å². The van der Waals surface area contributed by atoms with E-state index >= 15 is 4.79 Å². The monoisotopic (exact) mass is 922 g/mol. The van der Waals surface area contributed by atoms with E-state index in [0.29, 0.717) is 64.6 Å². The van der Waals surface area contributed by atoms with Gasteiger partial charge < -0.3 is 43.6 Å². The number of benzene rings is 3. The van der Waals surface area contributed by atoms with Crippen LogP contribution in [0.15, 0.2) is 24.3 Å². The maximum absolute atomic E-state index is 16.6. The Kier molecular flexibility index (Phi) is 10.1. The molecule has 9 aliphatic rings. The van der Waals surface area contributed by atoms with Gasteiger partial charge in [0.25, 0.3) is 0 Å². The number of aliphatic hydroxyl groups is 1. The van der Waals surface area contributed by atoms with Crippen molar-refractivity contribution in [2.75, 3.05) is 66.5 Å². The summed E-state index contributed by atoms with van der Waals surface area (Å²) in [6.45, 7) is 9.33. The van der Waals surface area contributed by atoms with Gasteiger partial charge in [0, 0.05) is 73.0 Å². The van der Waals surface area contributed by atoms with Crippen LogP contribution in [0.25, 0.3) is 10.9 Å². The van der Waals surface area contributed by atoms with Gasteiger partial charge in [0.2, 0.25) is 6.79 Å².